The Balaban J connectivity index is 0.000000116. The van der Waals surface area contributed by atoms with Gasteiger partial charge in [0.15, 0.2) is 0 Å². The van der Waals surface area contributed by atoms with Gasteiger partial charge >= 0.3 is 0 Å². The normalized spacial score (nSPS) is 12.3. The molecule has 8 nitrogen and oxygen atoms in total. The van der Waals surface area contributed by atoms with Crippen molar-refractivity contribution < 1.29 is 0 Å². The van der Waals surface area contributed by atoms with Crippen LogP contribution in [-0.2, 0) is 44.1 Å². The Morgan fingerprint density at radius 3 is 0.753 bits per heavy atom. The van der Waals surface area contributed by atoms with E-state index in [1.54, 1.807) is 0 Å². The molecule has 0 fully saturated rings. The molecule has 0 spiro atoms. The maximum absolute atomic E-state index is 9.15. The monoisotopic (exact) mass is 1910 g/mol. The summed E-state index contributed by atoms with van der Waals surface area (Å²) in [5, 5.41) is 27.3. The Kier molecular flexibility index (Phi) is 26.5. The van der Waals surface area contributed by atoms with Crippen molar-refractivity contribution in [2.45, 2.75) is 218 Å². The minimum atomic E-state index is -0.0598. The zero-order valence-corrected chi connectivity index (χ0v) is 89.0. The molecular weight excluding hydrogens is 1770 g/mol. The third-order valence-electron chi connectivity index (χ3n) is 28.4. The Morgan fingerprint density at radius 2 is 0.432 bits per heavy atom. The standard InChI is InChI=1S/C28H24N2.C28H25N.C24H33N.C22H21N.C19H16N2.C16H17N.CH4/c1-28(2,3)30-26-15-9-6-12-22(26)23-18-19(16-17-27(23)30)29-24-13-7-4-10-20(24)21-11-5-8-14-25(21)29;1-28(2,3)29-26-22(20-12-6-4-7-13-20)16-10-18-24(26)25-19-11-17-23(27(25)29)21-14-8-5-9-15-21;1-22(2,3)16-10-12-20-18(14-16)19-15-17(23(4,5)6)11-13-21(19)25(20)24(7,8)9;1-22(2,3)23-20-15-8-7-12-18(20)19-14-9-13-17(21(19)23)16-10-5-4-6-11-16;1-5-13-6-8-17-15(10-13)16-11-14(12-20)7-9-18(16)21(17)19(2,3)4;1-16(2,3)17-14-10-6-4-8-12(14)13-9-5-7-11-15(13)17;/h4-18H,1-3H3;4-19H,1-3H3;10-15H,1-9H3;4-15H,1-3H3;1,6-11H,2-4H3;4-11H,1-3H3;1H4. The zero-order valence-electron chi connectivity index (χ0n) is 89.0. The molecule has 24 rings (SSSR count). The Labute approximate surface area is 863 Å². The van der Waals surface area contributed by atoms with Gasteiger partial charge in [-0.25, -0.2) is 0 Å². The van der Waals surface area contributed by atoms with E-state index < -0.39 is 0 Å². The fraction of sp³-hybridized carbons (Fsp3) is 0.239. The van der Waals surface area contributed by atoms with Crippen molar-refractivity contribution in [1.82, 2.24) is 32.0 Å². The summed E-state index contributed by atoms with van der Waals surface area (Å²) < 4.78 is 17.1. The van der Waals surface area contributed by atoms with E-state index in [9.17, 15) is 0 Å². The lowest BCUT2D eigenvalue weighted by atomic mass is 9.85. The van der Waals surface area contributed by atoms with Crippen LogP contribution >= 0.6 is 0 Å². The van der Waals surface area contributed by atoms with E-state index in [2.05, 4.69) is 562 Å². The summed E-state index contributed by atoms with van der Waals surface area (Å²) in [5.74, 6) is 2.69. The SMILES string of the molecule is C.C#Cc1ccc2c(c1)c1cc(C#N)ccc1n2C(C)(C)C.CC(C)(C)c1ccc2c(c1)c1cc(C(C)(C)C)ccc1n2C(C)(C)C.CC(C)(C)n1c2c(-c3ccccc3)cccc2c2cccc(-c3ccccc3)c21.CC(C)(C)n1c2ccccc2c2cc(-n3c4ccccc4c4ccccc43)ccc21.CC(C)(C)n1c2ccccc2c2cccc(-c3ccccc3)c21.CC(C)(C)n1c2ccccc2c2ccccc21. The Morgan fingerprint density at radius 1 is 0.199 bits per heavy atom. The van der Waals surface area contributed by atoms with Gasteiger partial charge in [0.25, 0.3) is 0 Å². The van der Waals surface area contributed by atoms with Crippen molar-refractivity contribution in [3.63, 3.8) is 0 Å². The molecule has 7 heterocycles. The third-order valence-corrected chi connectivity index (χ3v) is 28.4. The van der Waals surface area contributed by atoms with Crippen molar-refractivity contribution in [2.24, 2.45) is 0 Å². The molecule has 0 unspecified atom stereocenters. The van der Waals surface area contributed by atoms with E-state index in [-0.39, 0.29) is 51.5 Å². The molecule has 7 aromatic heterocycles. The minimum Gasteiger partial charge on any atom is -0.335 e. The van der Waals surface area contributed by atoms with Gasteiger partial charge in [-0.05, 0) is 279 Å². The summed E-state index contributed by atoms with van der Waals surface area (Å²) in [6, 6.07) is 139. The van der Waals surface area contributed by atoms with E-state index in [4.69, 9.17) is 11.7 Å². The lowest BCUT2D eigenvalue weighted by Gasteiger charge is -2.26. The summed E-state index contributed by atoms with van der Waals surface area (Å²) in [6.07, 6.45) is 5.52. The second-order valence-corrected chi connectivity index (χ2v) is 47.1. The van der Waals surface area contributed by atoms with Crippen LogP contribution in [-0.4, -0.2) is 32.0 Å². The van der Waals surface area contributed by atoms with Gasteiger partial charge in [0, 0.05) is 186 Å². The van der Waals surface area contributed by atoms with Crippen LogP contribution in [0.3, 0.4) is 0 Å². The van der Waals surface area contributed by atoms with Crippen LogP contribution in [0.2, 0.25) is 0 Å². The first kappa shape index (κ1) is 100. The predicted octanol–water partition coefficient (Wildman–Crippen LogP) is 38.5. The van der Waals surface area contributed by atoms with Crippen molar-refractivity contribution in [2.75, 3.05) is 0 Å². The number of nitrogens with zero attached hydrogens (tertiary/aromatic N) is 8. The van der Waals surface area contributed by atoms with Crippen molar-refractivity contribution >= 4 is 153 Å². The summed E-state index contributed by atoms with van der Waals surface area (Å²) in [7, 11) is 0. The number of para-hydroxylation sites is 9. The van der Waals surface area contributed by atoms with Gasteiger partial charge < -0.3 is 32.0 Å². The van der Waals surface area contributed by atoms with Crippen LogP contribution in [0.5, 0.6) is 0 Å². The molecule has 24 aromatic rings. The van der Waals surface area contributed by atoms with Gasteiger partial charge in [0.05, 0.1) is 39.2 Å². The van der Waals surface area contributed by atoms with Crippen molar-refractivity contribution in [1.29, 1.82) is 5.26 Å². The maximum Gasteiger partial charge on any atom is 0.0991 e. The first-order valence-electron chi connectivity index (χ1n) is 51.3. The topological polar surface area (TPSA) is 58.3 Å². The van der Waals surface area contributed by atoms with Gasteiger partial charge in [-0.15, -0.1) is 6.42 Å². The highest BCUT2D eigenvalue weighted by atomic mass is 15.1. The molecule has 732 valence electrons. The molecule has 8 heteroatoms. The average Bonchev–Trinajstić information content (AvgIpc) is 1.56. The van der Waals surface area contributed by atoms with Gasteiger partial charge in [-0.1, -0.05) is 322 Å². The van der Waals surface area contributed by atoms with Gasteiger partial charge in [0.1, 0.15) is 0 Å². The third kappa shape index (κ3) is 18.7. The molecule has 0 aliphatic heterocycles. The van der Waals surface area contributed by atoms with Crippen LogP contribution < -0.4 is 0 Å². The summed E-state index contributed by atoms with van der Waals surface area (Å²) >= 11 is 0. The summed E-state index contributed by atoms with van der Waals surface area (Å²) in [4.78, 5) is 0. The number of fused-ring (bicyclic) bond motifs is 21. The number of hydrogen-bond donors (Lipinski definition) is 0. The second kappa shape index (κ2) is 38.5. The fourth-order valence-corrected chi connectivity index (χ4v) is 22.3. The van der Waals surface area contributed by atoms with Crippen LogP contribution in [0, 0.1) is 23.7 Å². The molecule has 146 heavy (non-hydrogen) atoms. The molecular formula is C138H140N8. The molecule has 0 amide bonds. The smallest absolute Gasteiger partial charge is 0.0991 e. The maximum atomic E-state index is 9.15. The van der Waals surface area contributed by atoms with Crippen LogP contribution in [0.4, 0.5) is 0 Å². The largest absolute Gasteiger partial charge is 0.335 e. The van der Waals surface area contributed by atoms with Crippen LogP contribution in [0.1, 0.15) is 196 Å². The van der Waals surface area contributed by atoms with E-state index in [0.29, 0.717) is 5.56 Å². The van der Waals surface area contributed by atoms with Crippen molar-refractivity contribution in [3.8, 4) is 57.5 Å². The minimum absolute atomic E-state index is 0. The average molecular weight is 1910 g/mol. The zero-order chi connectivity index (χ0) is 103. The Hall–Kier alpha value is -15.6. The number of nitriles is 1. The molecule has 0 radical (unpaired) electrons. The number of rotatable bonds is 4. The molecule has 0 atom stereocenters. The highest BCUT2D eigenvalue weighted by Gasteiger charge is 2.31. The molecule has 0 saturated carbocycles. The molecule has 0 aliphatic rings. The van der Waals surface area contributed by atoms with Crippen molar-refractivity contribution in [3.05, 3.63) is 404 Å². The fourth-order valence-electron chi connectivity index (χ4n) is 22.3. The molecule has 0 saturated heterocycles. The van der Waals surface area contributed by atoms with E-state index in [1.165, 1.54) is 181 Å². The van der Waals surface area contributed by atoms with Gasteiger partial charge in [-0.2, -0.15) is 5.26 Å². The highest BCUT2D eigenvalue weighted by Crippen LogP contribution is 2.48. The quantitative estimate of drug-likeness (QED) is 0.162. The molecule has 0 N–H and O–H groups in total. The summed E-state index contributed by atoms with van der Waals surface area (Å²) in [5.41, 5.74) is 31.5. The number of hydrogen-bond acceptors (Lipinski definition) is 1. The molecule has 0 bridgehead atoms. The second-order valence-electron chi connectivity index (χ2n) is 47.1. The molecule has 0 aliphatic carbocycles. The lowest BCUT2D eigenvalue weighted by molar-refractivity contribution is 0.423. The number of terminal acetylenes is 1. The first-order chi connectivity index (χ1) is 69.0. The van der Waals surface area contributed by atoms with Gasteiger partial charge in [0.2, 0.25) is 0 Å². The van der Waals surface area contributed by atoms with E-state index in [1.807, 2.05) is 30.3 Å². The van der Waals surface area contributed by atoms with Crippen LogP contribution in [0.25, 0.3) is 192 Å². The lowest BCUT2D eigenvalue weighted by Crippen LogP contribution is -2.22. The number of benzene rings is 17. The van der Waals surface area contributed by atoms with Gasteiger partial charge in [-0.3, -0.25) is 0 Å². The first-order valence-corrected chi connectivity index (χ1v) is 51.3. The van der Waals surface area contributed by atoms with E-state index >= 15 is 0 Å². The summed E-state index contributed by atoms with van der Waals surface area (Å²) in [6.45, 7) is 54.5. The molecule has 17 aromatic carbocycles. The Bertz CT molecular complexity index is 8780. The number of aromatic nitrogens is 7. The highest BCUT2D eigenvalue weighted by molar-refractivity contribution is 6.19. The van der Waals surface area contributed by atoms with Crippen LogP contribution in [0.15, 0.2) is 382 Å². The predicted molar refractivity (Wildman–Crippen MR) is 634 cm³/mol. The van der Waals surface area contributed by atoms with E-state index in [0.717, 1.165) is 27.4 Å².